The molecule has 2 N–H and O–H groups in total. The molecular weight excluding hydrogens is 386 g/mol. The number of aliphatic imine (C=N–C) groups is 1. The number of amides is 2. The van der Waals surface area contributed by atoms with Crippen LogP contribution >= 0.6 is 11.3 Å². The Balaban J connectivity index is 1.22. The van der Waals surface area contributed by atoms with Crippen molar-refractivity contribution in [1.29, 1.82) is 0 Å². The van der Waals surface area contributed by atoms with Gasteiger partial charge in [0.05, 0.1) is 6.54 Å². The van der Waals surface area contributed by atoms with Crippen LogP contribution in [0.25, 0.3) is 0 Å². The first-order chi connectivity index (χ1) is 14.1. The van der Waals surface area contributed by atoms with Crippen LogP contribution in [0.3, 0.4) is 0 Å². The van der Waals surface area contributed by atoms with E-state index < -0.39 is 0 Å². The molecule has 4 rings (SSSR count). The maximum atomic E-state index is 12.6. The van der Waals surface area contributed by atoms with Crippen LogP contribution in [0.2, 0.25) is 0 Å². The number of nitrogens with one attached hydrogen (secondary N) is 2. The summed E-state index contributed by atoms with van der Waals surface area (Å²) in [5, 5.41) is 8.65. The first kappa shape index (κ1) is 20.2. The number of hydrogen-bond acceptors (Lipinski definition) is 4. The molecule has 1 atom stereocenters. The van der Waals surface area contributed by atoms with E-state index >= 15 is 0 Å². The van der Waals surface area contributed by atoms with Gasteiger partial charge in [0.25, 0.3) is 0 Å². The van der Waals surface area contributed by atoms with Crippen molar-refractivity contribution in [2.24, 2.45) is 10.9 Å². The van der Waals surface area contributed by atoms with Crippen molar-refractivity contribution in [1.82, 2.24) is 20.4 Å². The van der Waals surface area contributed by atoms with E-state index in [4.69, 9.17) is 0 Å². The second-order valence-electron chi connectivity index (χ2n) is 8.26. The van der Waals surface area contributed by atoms with Gasteiger partial charge in [-0.1, -0.05) is 12.8 Å². The summed E-state index contributed by atoms with van der Waals surface area (Å²) in [4.78, 5) is 34.8. The third-order valence-electron chi connectivity index (χ3n) is 6.34. The molecule has 1 unspecified atom stereocenters. The minimum absolute atomic E-state index is 0.0919. The molecule has 2 fully saturated rings. The molecule has 29 heavy (non-hydrogen) atoms. The van der Waals surface area contributed by atoms with Crippen LogP contribution in [-0.4, -0.2) is 66.8 Å². The van der Waals surface area contributed by atoms with Gasteiger partial charge in [0.15, 0.2) is 5.96 Å². The molecule has 1 saturated heterocycles. The fraction of sp³-hybridized carbons (Fsp3) is 0.667. The fourth-order valence-electron chi connectivity index (χ4n) is 4.63. The van der Waals surface area contributed by atoms with Gasteiger partial charge in [-0.05, 0) is 42.7 Å². The number of fused-ring (bicyclic) bond motifs is 1. The molecule has 1 aliphatic carbocycles. The Kier molecular flexibility index (Phi) is 6.37. The van der Waals surface area contributed by atoms with E-state index in [1.54, 1.807) is 18.4 Å². The van der Waals surface area contributed by atoms with Crippen LogP contribution in [0.1, 0.15) is 42.5 Å². The lowest BCUT2D eigenvalue weighted by molar-refractivity contribution is -0.134. The Bertz CT molecular complexity index is 771. The van der Waals surface area contributed by atoms with Crippen LogP contribution in [0.4, 0.5) is 0 Å². The minimum Gasteiger partial charge on any atom is -0.352 e. The first-order valence-corrected chi connectivity index (χ1v) is 11.6. The molecule has 3 aliphatic rings. The molecule has 7 nitrogen and oxygen atoms in total. The van der Waals surface area contributed by atoms with Crippen molar-refractivity contribution in [3.63, 3.8) is 0 Å². The van der Waals surface area contributed by atoms with Gasteiger partial charge in [0.2, 0.25) is 11.8 Å². The molecule has 0 spiro atoms. The number of guanidine groups is 1. The van der Waals surface area contributed by atoms with Gasteiger partial charge in [0, 0.05) is 50.1 Å². The normalized spacial score (nSPS) is 22.7. The van der Waals surface area contributed by atoms with E-state index in [1.165, 1.54) is 23.3 Å². The molecule has 3 heterocycles. The van der Waals surface area contributed by atoms with Crippen molar-refractivity contribution < 1.29 is 9.59 Å². The molecule has 1 aromatic rings. The lowest BCUT2D eigenvalue weighted by Crippen LogP contribution is -2.49. The maximum absolute atomic E-state index is 12.6. The Morgan fingerprint density at radius 3 is 2.83 bits per heavy atom. The quantitative estimate of drug-likeness (QED) is 0.576. The second-order valence-corrected chi connectivity index (χ2v) is 9.26. The average Bonchev–Trinajstić information content (AvgIpc) is 3.51. The predicted molar refractivity (Wildman–Crippen MR) is 115 cm³/mol. The van der Waals surface area contributed by atoms with Crippen LogP contribution in [-0.2, 0) is 22.6 Å². The van der Waals surface area contributed by atoms with Gasteiger partial charge in [-0.15, -0.1) is 11.3 Å². The third-order valence-corrected chi connectivity index (χ3v) is 7.36. The van der Waals surface area contributed by atoms with Gasteiger partial charge in [-0.3, -0.25) is 14.6 Å². The van der Waals surface area contributed by atoms with E-state index in [0.29, 0.717) is 18.4 Å². The summed E-state index contributed by atoms with van der Waals surface area (Å²) in [7, 11) is 1.72. The molecular formula is C21H31N5O2S. The van der Waals surface area contributed by atoms with Gasteiger partial charge < -0.3 is 20.4 Å². The number of nitrogens with zero attached hydrogens (tertiary/aromatic N) is 3. The van der Waals surface area contributed by atoms with Crippen molar-refractivity contribution in [2.75, 3.05) is 33.2 Å². The summed E-state index contributed by atoms with van der Waals surface area (Å²) >= 11 is 1.78. The average molecular weight is 418 g/mol. The Labute approximate surface area is 176 Å². The van der Waals surface area contributed by atoms with E-state index in [0.717, 1.165) is 45.3 Å². The largest absolute Gasteiger partial charge is 0.352 e. The van der Waals surface area contributed by atoms with Crippen LogP contribution < -0.4 is 10.6 Å². The Morgan fingerprint density at radius 1 is 1.21 bits per heavy atom. The highest BCUT2D eigenvalue weighted by atomic mass is 32.1. The topological polar surface area (TPSA) is 77.0 Å². The zero-order valence-corrected chi connectivity index (χ0v) is 18.0. The standard InChI is InChI=1S/C21H31N5O2S/c1-22-21(23-12-19(27)25-10-7-18-16(13-25)8-11-29-18)24-17-6-9-26(14-17)20(28)15-4-2-3-5-15/h8,11,15,17H,2-7,9-10,12-14H2,1H3,(H2,22,23,24). The van der Waals surface area contributed by atoms with Crippen LogP contribution in [0.15, 0.2) is 16.4 Å². The monoisotopic (exact) mass is 417 g/mol. The van der Waals surface area contributed by atoms with Crippen LogP contribution in [0, 0.1) is 5.92 Å². The number of rotatable bonds is 4. The van der Waals surface area contributed by atoms with Crippen molar-refractivity contribution in [2.45, 2.75) is 51.1 Å². The third kappa shape index (κ3) is 4.74. The molecule has 0 bridgehead atoms. The number of carbonyl (C=O) groups excluding carboxylic acids is 2. The van der Waals surface area contributed by atoms with E-state index in [9.17, 15) is 9.59 Å². The number of thiophene rings is 1. The number of hydrogen-bond donors (Lipinski definition) is 2. The highest BCUT2D eigenvalue weighted by Crippen LogP contribution is 2.28. The summed E-state index contributed by atoms with van der Waals surface area (Å²) in [6.45, 7) is 3.24. The minimum atomic E-state index is 0.0919. The van der Waals surface area contributed by atoms with E-state index in [1.807, 2.05) is 9.80 Å². The molecule has 1 aromatic heterocycles. The predicted octanol–water partition coefficient (Wildman–Crippen LogP) is 1.59. The van der Waals surface area contributed by atoms with Gasteiger partial charge in [-0.2, -0.15) is 0 Å². The Hall–Kier alpha value is -2.09. The van der Waals surface area contributed by atoms with Crippen molar-refractivity contribution >= 4 is 29.1 Å². The summed E-state index contributed by atoms with van der Waals surface area (Å²) in [6.07, 6.45) is 6.31. The van der Waals surface area contributed by atoms with Gasteiger partial charge in [-0.25, -0.2) is 0 Å². The van der Waals surface area contributed by atoms with Crippen LogP contribution in [0.5, 0.6) is 0 Å². The summed E-state index contributed by atoms with van der Waals surface area (Å²) in [5.74, 6) is 1.28. The molecule has 158 valence electrons. The van der Waals surface area contributed by atoms with Gasteiger partial charge in [0.1, 0.15) is 0 Å². The molecule has 0 aromatic carbocycles. The number of likely N-dealkylation sites (tertiary alicyclic amines) is 1. The molecule has 0 radical (unpaired) electrons. The van der Waals surface area contributed by atoms with Gasteiger partial charge >= 0.3 is 0 Å². The van der Waals surface area contributed by atoms with E-state index in [2.05, 4.69) is 27.1 Å². The molecule has 2 aliphatic heterocycles. The fourth-order valence-corrected chi connectivity index (χ4v) is 5.52. The highest BCUT2D eigenvalue weighted by Gasteiger charge is 2.32. The summed E-state index contributed by atoms with van der Waals surface area (Å²) in [5.41, 5.74) is 1.27. The van der Waals surface area contributed by atoms with Crippen molar-refractivity contribution in [3.05, 3.63) is 21.9 Å². The lowest BCUT2D eigenvalue weighted by Gasteiger charge is -2.27. The molecule has 8 heteroatoms. The van der Waals surface area contributed by atoms with E-state index in [-0.39, 0.29) is 24.4 Å². The first-order valence-electron chi connectivity index (χ1n) is 10.7. The highest BCUT2D eigenvalue weighted by molar-refractivity contribution is 7.10. The summed E-state index contributed by atoms with van der Waals surface area (Å²) in [6, 6.07) is 2.30. The zero-order chi connectivity index (χ0) is 20.2. The molecule has 1 saturated carbocycles. The summed E-state index contributed by atoms with van der Waals surface area (Å²) < 4.78 is 0. The molecule has 2 amide bonds. The number of carbonyl (C=O) groups is 2. The second kappa shape index (κ2) is 9.15. The smallest absolute Gasteiger partial charge is 0.242 e. The Morgan fingerprint density at radius 2 is 2.03 bits per heavy atom. The SMILES string of the molecule is CN=C(NCC(=O)N1CCc2sccc2C1)NC1CCN(C(=O)C2CCCC2)C1. The lowest BCUT2D eigenvalue weighted by atomic mass is 10.1. The maximum Gasteiger partial charge on any atom is 0.242 e. The van der Waals surface area contributed by atoms with Crippen molar-refractivity contribution in [3.8, 4) is 0 Å². The zero-order valence-electron chi connectivity index (χ0n) is 17.2.